The molecular formula is C22H30F3N3O7S. The lowest BCUT2D eigenvalue weighted by atomic mass is 9.83. The van der Waals surface area contributed by atoms with Crippen LogP contribution in [0.1, 0.15) is 49.3 Å². The normalized spacial score (nSPS) is 30.0. The molecule has 3 aliphatic heterocycles. The molecule has 4 heterocycles. The molecule has 0 radical (unpaired) electrons. The van der Waals surface area contributed by atoms with E-state index in [4.69, 9.17) is 14.2 Å². The van der Waals surface area contributed by atoms with Crippen molar-refractivity contribution in [1.29, 1.82) is 0 Å². The molecule has 2 fully saturated rings. The van der Waals surface area contributed by atoms with Crippen LogP contribution >= 0.6 is 0 Å². The van der Waals surface area contributed by atoms with Crippen LogP contribution in [-0.4, -0.2) is 86.4 Å². The molecule has 5 rings (SSSR count). The molecule has 36 heavy (non-hydrogen) atoms. The van der Waals surface area contributed by atoms with Gasteiger partial charge in [0.25, 0.3) is 0 Å². The first-order chi connectivity index (χ1) is 17.0. The number of pyridine rings is 1. The Kier molecular flexibility index (Phi) is 7.98. The lowest BCUT2D eigenvalue weighted by molar-refractivity contribution is -0.138. The maximum Gasteiger partial charge on any atom is 0.418 e. The minimum atomic E-state index is -4.55. The van der Waals surface area contributed by atoms with Gasteiger partial charge in [0.2, 0.25) is 15.9 Å². The summed E-state index contributed by atoms with van der Waals surface area (Å²) in [4.78, 5) is 18.4. The van der Waals surface area contributed by atoms with E-state index >= 15 is 0 Å². The van der Waals surface area contributed by atoms with Gasteiger partial charge in [-0.3, -0.25) is 4.90 Å². The summed E-state index contributed by atoms with van der Waals surface area (Å²) in [5.74, 6) is -0.415. The molecular weight excluding hydrogens is 507 g/mol. The molecule has 0 spiro atoms. The van der Waals surface area contributed by atoms with E-state index in [0.717, 1.165) is 18.4 Å². The van der Waals surface area contributed by atoms with E-state index in [1.807, 2.05) is 0 Å². The maximum absolute atomic E-state index is 13.6. The third-order valence-corrected chi connectivity index (χ3v) is 7.59. The zero-order valence-corrected chi connectivity index (χ0v) is 20.6. The predicted octanol–water partition coefficient (Wildman–Crippen LogP) is 2.03. The summed E-state index contributed by atoms with van der Waals surface area (Å²) in [6, 6.07) is -0.00629. The second kappa shape index (κ2) is 10.7. The number of aromatic nitrogens is 1. The first-order valence-electron chi connectivity index (χ1n) is 11.8. The van der Waals surface area contributed by atoms with Gasteiger partial charge in [-0.25, -0.2) is 22.9 Å². The third kappa shape index (κ3) is 6.21. The fourth-order valence-electron chi connectivity index (χ4n) is 5.25. The number of nitrogens with zero attached hydrogens (tertiary/aromatic N) is 2. The highest BCUT2D eigenvalue weighted by molar-refractivity contribution is 7.88. The number of carbonyl (C=O) groups is 1. The summed E-state index contributed by atoms with van der Waals surface area (Å²) in [6.07, 6.45) is -2.65. The lowest BCUT2D eigenvalue weighted by Crippen LogP contribution is -2.51. The monoisotopic (exact) mass is 537 g/mol. The molecule has 3 atom stereocenters. The zero-order valence-electron chi connectivity index (χ0n) is 19.7. The van der Waals surface area contributed by atoms with E-state index in [9.17, 15) is 31.5 Å². The van der Waals surface area contributed by atoms with Crippen LogP contribution in [0.25, 0.3) is 0 Å². The van der Waals surface area contributed by atoms with Crippen LogP contribution in [-0.2, 0) is 25.7 Å². The smallest absolute Gasteiger partial charge is 0.418 e. The van der Waals surface area contributed by atoms with Gasteiger partial charge >= 0.3 is 12.3 Å². The Hall–Kier alpha value is -2.16. The minimum absolute atomic E-state index is 0.00390. The van der Waals surface area contributed by atoms with Crippen LogP contribution in [0.3, 0.4) is 0 Å². The molecule has 1 aliphatic carbocycles. The highest BCUT2D eigenvalue weighted by Gasteiger charge is 2.46. The fourth-order valence-corrected chi connectivity index (χ4v) is 6.05. The molecule has 1 amide bonds. The van der Waals surface area contributed by atoms with Crippen LogP contribution in [0.15, 0.2) is 12.1 Å². The van der Waals surface area contributed by atoms with Crippen LogP contribution in [0.2, 0.25) is 0 Å². The maximum atomic E-state index is 13.6. The van der Waals surface area contributed by atoms with E-state index in [1.54, 1.807) is 0 Å². The van der Waals surface area contributed by atoms with Gasteiger partial charge < -0.3 is 19.3 Å². The molecule has 14 heteroatoms. The van der Waals surface area contributed by atoms with Crippen LogP contribution < -0.4 is 9.46 Å². The van der Waals surface area contributed by atoms with Gasteiger partial charge in [-0.15, -0.1) is 0 Å². The number of aliphatic hydroxyl groups excluding tert-OH is 1. The molecule has 1 aromatic heterocycles. The summed E-state index contributed by atoms with van der Waals surface area (Å²) in [7, 11) is -3.62. The lowest BCUT2D eigenvalue weighted by Gasteiger charge is -2.34. The number of nitrogens with one attached hydrogen (secondary N) is 1. The minimum Gasteiger partial charge on any atom is -0.474 e. The largest absolute Gasteiger partial charge is 0.474 e. The quantitative estimate of drug-likeness (QED) is 0.600. The molecule has 2 N–H and O–H groups in total. The zero-order chi connectivity index (χ0) is 26.1. The number of sulfonamides is 1. The number of carbonyl (C=O) groups excluding carboxylic acids is 1. The topological polar surface area (TPSA) is 127 Å². The summed E-state index contributed by atoms with van der Waals surface area (Å²) in [6.45, 7) is -0.797. The SMILES string of the molecule is CS(=O)(=O)N[C@H]1C[C@@H](CO)N2C(=O)OCCOc3ccc(C(F)(F)F)c(n3)C3CCC(CC3)OC[C@@H]12. The van der Waals surface area contributed by atoms with Crippen molar-refractivity contribution in [1.82, 2.24) is 14.6 Å². The van der Waals surface area contributed by atoms with E-state index in [-0.39, 0.29) is 43.9 Å². The number of halogens is 3. The molecule has 202 valence electrons. The van der Waals surface area contributed by atoms with Gasteiger partial charge in [-0.05, 0) is 38.2 Å². The number of amides is 1. The van der Waals surface area contributed by atoms with Gasteiger partial charge in [-0.1, -0.05) is 0 Å². The Balaban J connectivity index is 1.60. The summed E-state index contributed by atoms with van der Waals surface area (Å²) >= 11 is 0. The van der Waals surface area contributed by atoms with Gasteiger partial charge in [0, 0.05) is 18.0 Å². The van der Waals surface area contributed by atoms with Gasteiger partial charge in [0.1, 0.15) is 13.2 Å². The number of alkyl halides is 3. The Labute approximate surface area is 207 Å². The van der Waals surface area contributed by atoms with E-state index in [1.165, 1.54) is 4.90 Å². The van der Waals surface area contributed by atoms with E-state index in [0.29, 0.717) is 25.7 Å². The van der Waals surface area contributed by atoms with Crippen molar-refractivity contribution in [3.05, 3.63) is 23.4 Å². The Morgan fingerprint density at radius 1 is 1.17 bits per heavy atom. The number of ether oxygens (including phenoxy) is 3. The van der Waals surface area contributed by atoms with Crippen LogP contribution in [0, 0.1) is 0 Å². The molecule has 0 unspecified atom stereocenters. The van der Waals surface area contributed by atoms with Crippen molar-refractivity contribution in [3.8, 4) is 5.88 Å². The van der Waals surface area contributed by atoms with Gasteiger partial charge in [-0.2, -0.15) is 13.2 Å². The Bertz CT molecular complexity index is 1050. The molecule has 4 aliphatic rings. The van der Waals surface area contributed by atoms with Crippen LogP contribution in [0.4, 0.5) is 18.0 Å². The summed E-state index contributed by atoms with van der Waals surface area (Å²) < 4.78 is 84.1. The van der Waals surface area contributed by atoms with Crippen molar-refractivity contribution in [3.63, 3.8) is 0 Å². The summed E-state index contributed by atoms with van der Waals surface area (Å²) in [5.41, 5.74) is -0.856. The first-order valence-corrected chi connectivity index (χ1v) is 13.7. The Morgan fingerprint density at radius 3 is 2.50 bits per heavy atom. The van der Waals surface area contributed by atoms with E-state index < -0.39 is 58.5 Å². The number of rotatable bonds is 3. The second-order valence-corrected chi connectivity index (χ2v) is 11.2. The molecule has 10 nitrogen and oxygen atoms in total. The third-order valence-electron chi connectivity index (χ3n) is 6.86. The number of fused-ring (bicyclic) bond motifs is 7. The van der Waals surface area contributed by atoms with Crippen molar-refractivity contribution in [2.75, 3.05) is 32.7 Å². The molecule has 1 saturated carbocycles. The average molecular weight is 538 g/mol. The number of hydrogen-bond acceptors (Lipinski definition) is 8. The Morgan fingerprint density at radius 2 is 1.86 bits per heavy atom. The van der Waals surface area contributed by atoms with Crippen LogP contribution in [0.5, 0.6) is 5.88 Å². The first kappa shape index (κ1) is 26.9. The fraction of sp³-hybridized carbons (Fsp3) is 0.727. The van der Waals surface area contributed by atoms with Crippen molar-refractivity contribution in [2.45, 2.75) is 68.4 Å². The highest BCUT2D eigenvalue weighted by Crippen LogP contribution is 2.41. The van der Waals surface area contributed by atoms with Crippen molar-refractivity contribution >= 4 is 16.1 Å². The number of hydrogen-bond donors (Lipinski definition) is 2. The molecule has 4 bridgehead atoms. The van der Waals surface area contributed by atoms with Crippen molar-refractivity contribution in [2.24, 2.45) is 0 Å². The van der Waals surface area contributed by atoms with E-state index in [2.05, 4.69) is 9.71 Å². The summed E-state index contributed by atoms with van der Waals surface area (Å²) in [5, 5.41) is 9.86. The molecule has 0 aromatic carbocycles. The number of aliphatic hydroxyl groups is 1. The second-order valence-electron chi connectivity index (χ2n) is 9.39. The van der Waals surface area contributed by atoms with Gasteiger partial charge in [0.15, 0.2) is 0 Å². The molecule has 1 saturated heterocycles. The predicted molar refractivity (Wildman–Crippen MR) is 120 cm³/mol. The van der Waals surface area contributed by atoms with Crippen molar-refractivity contribution < 1.29 is 45.7 Å². The standard InChI is InChI=1S/C22H30F3N3O7S/c1-36(31,32)27-17-10-14(11-29)28-18(17)12-35-15-4-2-13(3-5-15)20-16(22(23,24)25)6-7-19(26-20)33-8-9-34-21(28)30/h6-7,13-15,17-18,27,29H,2-5,8-12H2,1H3/t13?,14-,15?,17-,18-/m0/s1. The average Bonchev–Trinajstić information content (AvgIpc) is 3.15. The molecule has 1 aromatic rings. The van der Waals surface area contributed by atoms with Gasteiger partial charge in [0.05, 0.1) is 48.9 Å². The highest BCUT2D eigenvalue weighted by atomic mass is 32.2.